The summed E-state index contributed by atoms with van der Waals surface area (Å²) in [6.07, 6.45) is 2.93. The zero-order valence-electron chi connectivity index (χ0n) is 7.14. The van der Waals surface area contributed by atoms with Gasteiger partial charge in [0.2, 0.25) is 0 Å². The SMILES string of the molecule is O=C(c1ccccc1)C1CC=CS1. The third kappa shape index (κ3) is 1.83. The normalized spacial score (nSPS) is 20.5. The molecule has 1 aromatic rings. The first-order chi connectivity index (χ1) is 6.38. The van der Waals surface area contributed by atoms with Crippen LogP contribution in [0.3, 0.4) is 0 Å². The molecule has 0 saturated carbocycles. The maximum Gasteiger partial charge on any atom is 0.176 e. The number of ketones is 1. The monoisotopic (exact) mass is 190 g/mol. The molecule has 0 aliphatic carbocycles. The van der Waals surface area contributed by atoms with E-state index in [2.05, 4.69) is 6.08 Å². The summed E-state index contributed by atoms with van der Waals surface area (Å²) in [6.45, 7) is 0. The average molecular weight is 190 g/mol. The van der Waals surface area contributed by atoms with Crippen LogP contribution in [0.2, 0.25) is 0 Å². The standard InChI is InChI=1S/C11H10OS/c12-11(10-7-4-8-13-10)9-5-2-1-3-6-9/h1-6,8,10H,7H2. The lowest BCUT2D eigenvalue weighted by molar-refractivity contribution is 0.0990. The fourth-order valence-corrected chi connectivity index (χ4v) is 2.24. The zero-order valence-corrected chi connectivity index (χ0v) is 7.96. The summed E-state index contributed by atoms with van der Waals surface area (Å²) in [4.78, 5) is 11.8. The lowest BCUT2D eigenvalue weighted by Gasteiger charge is -2.06. The molecule has 0 radical (unpaired) electrons. The van der Waals surface area contributed by atoms with Crippen LogP contribution >= 0.6 is 11.8 Å². The van der Waals surface area contributed by atoms with Crippen molar-refractivity contribution in [2.75, 3.05) is 0 Å². The molecule has 1 aromatic carbocycles. The van der Waals surface area contributed by atoms with Crippen molar-refractivity contribution in [2.45, 2.75) is 11.7 Å². The number of hydrogen-bond donors (Lipinski definition) is 0. The summed E-state index contributed by atoms with van der Waals surface area (Å²) in [5, 5.41) is 2.12. The lowest BCUT2D eigenvalue weighted by Crippen LogP contribution is -2.13. The molecule has 1 nitrogen and oxygen atoms in total. The molecular weight excluding hydrogens is 180 g/mol. The molecule has 1 atom stereocenters. The van der Waals surface area contributed by atoms with Crippen molar-refractivity contribution in [3.05, 3.63) is 47.4 Å². The minimum atomic E-state index is 0.113. The van der Waals surface area contributed by atoms with E-state index in [-0.39, 0.29) is 11.0 Å². The van der Waals surface area contributed by atoms with Gasteiger partial charge in [-0.1, -0.05) is 36.4 Å². The molecule has 2 rings (SSSR count). The van der Waals surface area contributed by atoms with Gasteiger partial charge in [-0.15, -0.1) is 11.8 Å². The predicted octanol–water partition coefficient (Wildman–Crippen LogP) is 2.89. The second kappa shape index (κ2) is 3.79. The highest BCUT2D eigenvalue weighted by Gasteiger charge is 2.20. The third-order valence-electron chi connectivity index (χ3n) is 2.04. The van der Waals surface area contributed by atoms with Gasteiger partial charge in [0.15, 0.2) is 5.78 Å². The molecule has 13 heavy (non-hydrogen) atoms. The number of Topliss-reactive ketones (excluding diaryl/α,β-unsaturated/α-hetero) is 1. The summed E-state index contributed by atoms with van der Waals surface area (Å²) >= 11 is 1.62. The second-order valence-corrected chi connectivity index (χ2v) is 4.08. The lowest BCUT2D eigenvalue weighted by atomic mass is 10.1. The van der Waals surface area contributed by atoms with Crippen LogP contribution in [0.15, 0.2) is 41.8 Å². The first-order valence-corrected chi connectivity index (χ1v) is 5.22. The largest absolute Gasteiger partial charge is 0.293 e. The van der Waals surface area contributed by atoms with E-state index in [1.54, 1.807) is 11.8 Å². The van der Waals surface area contributed by atoms with Gasteiger partial charge < -0.3 is 0 Å². The summed E-state index contributed by atoms with van der Waals surface area (Å²) in [5.74, 6) is 0.246. The average Bonchev–Trinajstić information content (AvgIpc) is 2.71. The van der Waals surface area contributed by atoms with Gasteiger partial charge in [0.25, 0.3) is 0 Å². The Labute approximate surface area is 81.8 Å². The van der Waals surface area contributed by atoms with Crippen LogP contribution in [0.25, 0.3) is 0 Å². The van der Waals surface area contributed by atoms with Gasteiger partial charge in [0.1, 0.15) is 0 Å². The molecule has 1 aliphatic heterocycles. The number of benzene rings is 1. The van der Waals surface area contributed by atoms with Gasteiger partial charge >= 0.3 is 0 Å². The van der Waals surface area contributed by atoms with Gasteiger partial charge in [-0.2, -0.15) is 0 Å². The van der Waals surface area contributed by atoms with E-state index < -0.39 is 0 Å². The van der Waals surface area contributed by atoms with Crippen LogP contribution in [0, 0.1) is 0 Å². The van der Waals surface area contributed by atoms with E-state index in [0.29, 0.717) is 0 Å². The molecule has 1 aliphatic rings. The van der Waals surface area contributed by atoms with Crippen molar-refractivity contribution in [1.82, 2.24) is 0 Å². The number of thioether (sulfide) groups is 1. The maximum absolute atomic E-state index is 11.8. The van der Waals surface area contributed by atoms with E-state index in [4.69, 9.17) is 0 Å². The van der Waals surface area contributed by atoms with Crippen LogP contribution < -0.4 is 0 Å². The smallest absolute Gasteiger partial charge is 0.176 e. The number of carbonyl (C=O) groups excluding carboxylic acids is 1. The highest BCUT2D eigenvalue weighted by molar-refractivity contribution is 8.03. The summed E-state index contributed by atoms with van der Waals surface area (Å²) in [6, 6.07) is 9.49. The van der Waals surface area contributed by atoms with Crippen molar-refractivity contribution in [2.24, 2.45) is 0 Å². The van der Waals surface area contributed by atoms with Crippen LogP contribution in [0.5, 0.6) is 0 Å². The Morgan fingerprint density at radius 1 is 1.31 bits per heavy atom. The number of hydrogen-bond acceptors (Lipinski definition) is 2. The Kier molecular flexibility index (Phi) is 2.50. The van der Waals surface area contributed by atoms with Crippen molar-refractivity contribution < 1.29 is 4.79 Å². The van der Waals surface area contributed by atoms with Crippen LogP contribution in [0.1, 0.15) is 16.8 Å². The van der Waals surface area contributed by atoms with Gasteiger partial charge in [-0.3, -0.25) is 4.79 Å². The van der Waals surface area contributed by atoms with Crippen LogP contribution in [-0.2, 0) is 0 Å². The Bertz CT molecular complexity index is 321. The fourth-order valence-electron chi connectivity index (χ4n) is 1.34. The molecule has 0 spiro atoms. The van der Waals surface area contributed by atoms with Crippen molar-refractivity contribution in [3.63, 3.8) is 0 Å². The Hall–Kier alpha value is -1.02. The van der Waals surface area contributed by atoms with E-state index in [1.807, 2.05) is 35.7 Å². The maximum atomic E-state index is 11.8. The minimum Gasteiger partial charge on any atom is -0.293 e. The molecule has 0 amide bonds. The molecule has 0 saturated heterocycles. The molecule has 2 heteroatoms. The molecule has 66 valence electrons. The van der Waals surface area contributed by atoms with Crippen LogP contribution in [-0.4, -0.2) is 11.0 Å². The van der Waals surface area contributed by atoms with Crippen LogP contribution in [0.4, 0.5) is 0 Å². The van der Waals surface area contributed by atoms with E-state index in [1.165, 1.54) is 0 Å². The summed E-state index contributed by atoms with van der Waals surface area (Å²) in [7, 11) is 0. The first kappa shape index (κ1) is 8.57. The molecule has 1 heterocycles. The molecule has 0 aromatic heterocycles. The Morgan fingerprint density at radius 2 is 2.08 bits per heavy atom. The molecule has 1 unspecified atom stereocenters. The van der Waals surface area contributed by atoms with Gasteiger partial charge in [-0.05, 0) is 11.8 Å². The molecule has 0 N–H and O–H groups in total. The quantitative estimate of drug-likeness (QED) is 0.667. The zero-order chi connectivity index (χ0) is 9.10. The highest BCUT2D eigenvalue weighted by Crippen LogP contribution is 2.26. The van der Waals surface area contributed by atoms with Gasteiger partial charge in [0.05, 0.1) is 5.25 Å². The Morgan fingerprint density at radius 3 is 2.69 bits per heavy atom. The van der Waals surface area contributed by atoms with Crippen molar-refractivity contribution in [3.8, 4) is 0 Å². The van der Waals surface area contributed by atoms with E-state index in [0.717, 1.165) is 12.0 Å². The number of carbonyl (C=O) groups is 1. The number of allylic oxidation sites excluding steroid dienone is 1. The summed E-state index contributed by atoms with van der Waals surface area (Å²) < 4.78 is 0. The highest BCUT2D eigenvalue weighted by atomic mass is 32.2. The van der Waals surface area contributed by atoms with Gasteiger partial charge in [-0.25, -0.2) is 0 Å². The fraction of sp³-hybridized carbons (Fsp3) is 0.182. The topological polar surface area (TPSA) is 17.1 Å². The first-order valence-electron chi connectivity index (χ1n) is 4.27. The number of rotatable bonds is 2. The van der Waals surface area contributed by atoms with Crippen molar-refractivity contribution in [1.29, 1.82) is 0 Å². The molecular formula is C11H10OS. The minimum absolute atomic E-state index is 0.113. The van der Waals surface area contributed by atoms with E-state index in [9.17, 15) is 4.79 Å². The molecule has 0 bridgehead atoms. The predicted molar refractivity (Wildman–Crippen MR) is 55.9 cm³/mol. The van der Waals surface area contributed by atoms with Gasteiger partial charge in [0, 0.05) is 5.56 Å². The van der Waals surface area contributed by atoms with Crippen molar-refractivity contribution >= 4 is 17.5 Å². The third-order valence-corrected chi connectivity index (χ3v) is 3.12. The van der Waals surface area contributed by atoms with E-state index >= 15 is 0 Å². The molecule has 0 fully saturated rings. The summed E-state index contributed by atoms with van der Waals surface area (Å²) in [5.41, 5.74) is 0.823. The second-order valence-electron chi connectivity index (χ2n) is 2.96. The Balaban J connectivity index is 2.14.